The molecule has 1 aromatic heterocycles. The van der Waals surface area contributed by atoms with Gasteiger partial charge in [-0.15, -0.1) is 0 Å². The molecule has 1 heterocycles. The van der Waals surface area contributed by atoms with Gasteiger partial charge in [-0.25, -0.2) is 18.2 Å². The summed E-state index contributed by atoms with van der Waals surface area (Å²) >= 11 is 0. The number of nitrogens with zero attached hydrogens (tertiary/aromatic N) is 2. The van der Waals surface area contributed by atoms with E-state index in [1.165, 1.54) is 11.6 Å². The van der Waals surface area contributed by atoms with Crippen LogP contribution in [0.25, 0.3) is 11.3 Å². The molecule has 0 saturated carbocycles. The minimum Gasteiger partial charge on any atom is -0.476 e. The van der Waals surface area contributed by atoms with E-state index in [2.05, 4.69) is 4.98 Å². The van der Waals surface area contributed by atoms with E-state index in [0.717, 1.165) is 11.8 Å². The Bertz CT molecular complexity index is 773. The van der Waals surface area contributed by atoms with Gasteiger partial charge in [-0.2, -0.15) is 0 Å². The molecule has 106 valence electrons. The Morgan fingerprint density at radius 2 is 1.80 bits per heavy atom. The number of sulfone groups is 1. The molecule has 6 nitrogen and oxygen atoms in total. The molecule has 0 bridgehead atoms. The number of hydrogen-bond acceptors (Lipinski definition) is 4. The van der Waals surface area contributed by atoms with E-state index in [1.807, 2.05) is 19.1 Å². The Morgan fingerprint density at radius 1 is 1.25 bits per heavy atom. The van der Waals surface area contributed by atoms with E-state index in [0.29, 0.717) is 5.56 Å². The van der Waals surface area contributed by atoms with Gasteiger partial charge < -0.3 is 9.67 Å². The zero-order valence-corrected chi connectivity index (χ0v) is 12.1. The van der Waals surface area contributed by atoms with Crippen LogP contribution in [0, 0.1) is 6.92 Å². The molecule has 0 aliphatic carbocycles. The van der Waals surface area contributed by atoms with Crippen molar-refractivity contribution < 1.29 is 18.3 Å². The third kappa shape index (κ3) is 2.44. The van der Waals surface area contributed by atoms with Crippen molar-refractivity contribution in [1.29, 1.82) is 0 Å². The van der Waals surface area contributed by atoms with Crippen molar-refractivity contribution >= 4 is 15.8 Å². The third-order valence-corrected chi connectivity index (χ3v) is 3.94. The number of aromatic nitrogens is 2. The zero-order chi connectivity index (χ0) is 15.1. The van der Waals surface area contributed by atoms with Crippen molar-refractivity contribution in [3.8, 4) is 11.3 Å². The van der Waals surface area contributed by atoms with E-state index in [1.54, 1.807) is 12.1 Å². The molecule has 1 aromatic carbocycles. The first-order valence-corrected chi connectivity index (χ1v) is 7.68. The standard InChI is InChI=1S/C13H14N2O4S/c1-8-4-6-9(7-5-8)11-10(12(16)17)14-13(15(11)2)20(3,18)19/h4-7H,1-3H3,(H,16,17). The lowest BCUT2D eigenvalue weighted by Gasteiger charge is -2.06. The number of carbonyl (C=O) groups is 1. The first-order chi connectivity index (χ1) is 9.21. The molecule has 1 N–H and O–H groups in total. The normalized spacial score (nSPS) is 11.6. The second-order valence-corrected chi connectivity index (χ2v) is 6.50. The van der Waals surface area contributed by atoms with Gasteiger partial charge in [0.05, 0.1) is 5.69 Å². The monoisotopic (exact) mass is 294 g/mol. The Balaban J connectivity index is 2.77. The molecule has 0 saturated heterocycles. The molecule has 20 heavy (non-hydrogen) atoms. The predicted molar refractivity (Wildman–Crippen MR) is 73.5 cm³/mol. The summed E-state index contributed by atoms with van der Waals surface area (Å²) in [4.78, 5) is 15.0. The average molecular weight is 294 g/mol. The highest BCUT2D eigenvalue weighted by Crippen LogP contribution is 2.26. The van der Waals surface area contributed by atoms with Crippen molar-refractivity contribution in [3.05, 3.63) is 35.5 Å². The molecule has 0 spiro atoms. The molecular weight excluding hydrogens is 280 g/mol. The molecule has 0 aliphatic heterocycles. The molecule has 2 aromatic rings. The maximum absolute atomic E-state index is 11.7. The summed E-state index contributed by atoms with van der Waals surface area (Å²) in [6.07, 6.45) is 1.000. The number of aryl methyl sites for hydroxylation is 1. The van der Waals surface area contributed by atoms with Crippen LogP contribution in [0.3, 0.4) is 0 Å². The van der Waals surface area contributed by atoms with E-state index < -0.39 is 15.8 Å². The molecule has 0 amide bonds. The lowest BCUT2D eigenvalue weighted by atomic mass is 10.1. The smallest absolute Gasteiger partial charge is 0.356 e. The number of benzene rings is 1. The lowest BCUT2D eigenvalue weighted by Crippen LogP contribution is -2.06. The summed E-state index contributed by atoms with van der Waals surface area (Å²) < 4.78 is 24.6. The fraction of sp³-hybridized carbons (Fsp3) is 0.231. The van der Waals surface area contributed by atoms with Gasteiger partial charge in [-0.05, 0) is 6.92 Å². The van der Waals surface area contributed by atoms with E-state index in [4.69, 9.17) is 0 Å². The van der Waals surface area contributed by atoms with Gasteiger partial charge in [0.2, 0.25) is 15.0 Å². The Labute approximate surface area is 116 Å². The van der Waals surface area contributed by atoms with Gasteiger partial charge in [0.15, 0.2) is 5.69 Å². The van der Waals surface area contributed by atoms with E-state index in [9.17, 15) is 18.3 Å². The van der Waals surface area contributed by atoms with Crippen LogP contribution in [-0.4, -0.2) is 35.3 Å². The maximum Gasteiger partial charge on any atom is 0.356 e. The lowest BCUT2D eigenvalue weighted by molar-refractivity contribution is 0.0691. The Morgan fingerprint density at radius 3 is 2.25 bits per heavy atom. The number of aromatic carboxylic acids is 1. The SMILES string of the molecule is Cc1ccc(-c2c(C(=O)O)nc(S(C)(=O)=O)n2C)cc1. The number of rotatable bonds is 3. The van der Waals surface area contributed by atoms with Crippen LogP contribution in [0.1, 0.15) is 16.1 Å². The van der Waals surface area contributed by atoms with Gasteiger partial charge in [0, 0.05) is 18.9 Å². The number of hydrogen-bond donors (Lipinski definition) is 1. The fourth-order valence-corrected chi connectivity index (χ4v) is 2.85. The second kappa shape index (κ2) is 4.75. The molecule has 2 rings (SSSR count). The van der Waals surface area contributed by atoms with Crippen molar-refractivity contribution in [1.82, 2.24) is 9.55 Å². The second-order valence-electron chi connectivity index (χ2n) is 4.59. The third-order valence-electron chi connectivity index (χ3n) is 2.91. The van der Waals surface area contributed by atoms with Crippen molar-refractivity contribution in [2.45, 2.75) is 12.1 Å². The van der Waals surface area contributed by atoms with Crippen LogP contribution in [-0.2, 0) is 16.9 Å². The molecule has 0 aliphatic rings. The van der Waals surface area contributed by atoms with Crippen LogP contribution in [0.5, 0.6) is 0 Å². The molecule has 0 unspecified atom stereocenters. The minimum atomic E-state index is -3.60. The fourth-order valence-electron chi connectivity index (χ4n) is 2.00. The van der Waals surface area contributed by atoms with E-state index >= 15 is 0 Å². The number of imidazole rings is 1. The van der Waals surface area contributed by atoms with Gasteiger partial charge in [0.25, 0.3) is 0 Å². The summed E-state index contributed by atoms with van der Waals surface area (Å²) in [5.74, 6) is -1.26. The van der Waals surface area contributed by atoms with Gasteiger partial charge >= 0.3 is 5.97 Å². The molecular formula is C13H14N2O4S. The highest BCUT2D eigenvalue weighted by Gasteiger charge is 2.25. The highest BCUT2D eigenvalue weighted by molar-refractivity contribution is 7.90. The minimum absolute atomic E-state index is 0.259. The van der Waals surface area contributed by atoms with Crippen LogP contribution in [0.2, 0.25) is 0 Å². The summed E-state index contributed by atoms with van der Waals surface area (Å²) in [6, 6.07) is 7.14. The number of carboxylic acids is 1. The van der Waals surface area contributed by atoms with Crippen molar-refractivity contribution in [2.75, 3.05) is 6.26 Å². The summed E-state index contributed by atoms with van der Waals surface area (Å²) in [6.45, 7) is 1.91. The zero-order valence-electron chi connectivity index (χ0n) is 11.3. The highest BCUT2D eigenvalue weighted by atomic mass is 32.2. The molecule has 0 fully saturated rings. The molecule has 0 atom stereocenters. The molecule has 0 radical (unpaired) electrons. The largest absolute Gasteiger partial charge is 0.476 e. The van der Waals surface area contributed by atoms with E-state index in [-0.39, 0.29) is 16.5 Å². The first kappa shape index (κ1) is 14.3. The van der Waals surface area contributed by atoms with Gasteiger partial charge in [0.1, 0.15) is 0 Å². The summed E-state index contributed by atoms with van der Waals surface area (Å²) in [7, 11) is -2.11. The average Bonchev–Trinajstić information content (AvgIpc) is 2.68. The Hall–Kier alpha value is -2.15. The Kier molecular flexibility index (Phi) is 3.39. The summed E-state index contributed by atoms with van der Waals surface area (Å²) in [5.41, 5.74) is 1.64. The van der Waals surface area contributed by atoms with Gasteiger partial charge in [-0.3, -0.25) is 0 Å². The first-order valence-electron chi connectivity index (χ1n) is 5.79. The number of carboxylic acid groups (broad SMARTS) is 1. The van der Waals surface area contributed by atoms with Crippen LogP contribution in [0.4, 0.5) is 0 Å². The molecule has 7 heteroatoms. The quantitative estimate of drug-likeness (QED) is 0.926. The van der Waals surface area contributed by atoms with Crippen LogP contribution < -0.4 is 0 Å². The summed E-state index contributed by atoms with van der Waals surface area (Å²) in [5, 5.41) is 8.96. The van der Waals surface area contributed by atoms with Crippen LogP contribution >= 0.6 is 0 Å². The predicted octanol–water partition coefficient (Wildman–Crippen LogP) is 1.50. The van der Waals surface area contributed by atoms with Crippen molar-refractivity contribution in [2.24, 2.45) is 7.05 Å². The van der Waals surface area contributed by atoms with Crippen LogP contribution in [0.15, 0.2) is 29.4 Å². The maximum atomic E-state index is 11.7. The van der Waals surface area contributed by atoms with Crippen molar-refractivity contribution in [3.63, 3.8) is 0 Å². The topological polar surface area (TPSA) is 89.3 Å². The van der Waals surface area contributed by atoms with Gasteiger partial charge in [-0.1, -0.05) is 29.8 Å².